The highest BCUT2D eigenvalue weighted by molar-refractivity contribution is 6.31. The van der Waals surface area contributed by atoms with E-state index in [1.165, 1.54) is 12.1 Å². The number of nitro benzene ring substituents is 1. The van der Waals surface area contributed by atoms with Crippen LogP contribution in [0.2, 0.25) is 5.02 Å². The average Bonchev–Trinajstić information content (AvgIpc) is 2.60. The molecule has 0 aliphatic rings. The minimum Gasteiger partial charge on any atom is -0.324 e. The number of aromatic amines is 1. The van der Waals surface area contributed by atoms with Gasteiger partial charge in [0.25, 0.3) is 11.2 Å². The number of hydrogen-bond donors (Lipinski definition) is 2. The summed E-state index contributed by atoms with van der Waals surface area (Å²) in [4.78, 5) is 25.2. The summed E-state index contributed by atoms with van der Waals surface area (Å²) in [5, 5.41) is 22.2. The maximum absolute atomic E-state index is 12.2. The summed E-state index contributed by atoms with van der Waals surface area (Å²) in [7, 11) is 0. The third kappa shape index (κ3) is 3.86. The zero-order chi connectivity index (χ0) is 18.7. The first kappa shape index (κ1) is 17.6. The van der Waals surface area contributed by atoms with Crippen LogP contribution in [0.4, 0.5) is 17.3 Å². The normalized spacial score (nSPS) is 10.5. The number of non-ortho nitro benzene ring substituents is 1. The lowest BCUT2D eigenvalue weighted by Crippen LogP contribution is -2.19. The van der Waals surface area contributed by atoms with Gasteiger partial charge < -0.3 is 5.32 Å². The number of nitro groups is 1. The molecule has 0 bridgehead atoms. The molecule has 9 heteroatoms. The van der Waals surface area contributed by atoms with Crippen LogP contribution in [0.25, 0.3) is 0 Å². The van der Waals surface area contributed by atoms with Crippen molar-refractivity contribution in [2.45, 2.75) is 13.3 Å². The Balaban J connectivity index is 1.81. The van der Waals surface area contributed by atoms with Crippen molar-refractivity contribution in [1.29, 1.82) is 0 Å². The Bertz CT molecular complexity index is 1030. The van der Waals surface area contributed by atoms with Gasteiger partial charge in [-0.25, -0.2) is 0 Å². The molecule has 0 spiro atoms. The zero-order valence-electron chi connectivity index (χ0n) is 13.7. The van der Waals surface area contributed by atoms with Crippen LogP contribution in [-0.4, -0.2) is 20.1 Å². The molecule has 0 amide bonds. The first-order chi connectivity index (χ1) is 12.4. The molecule has 0 unspecified atom stereocenters. The molecule has 2 N–H and O–H groups in total. The summed E-state index contributed by atoms with van der Waals surface area (Å²) in [5.41, 5.74) is 1.84. The Labute approximate surface area is 153 Å². The number of anilines is 2. The molecule has 3 rings (SSSR count). The van der Waals surface area contributed by atoms with E-state index >= 15 is 0 Å². The molecular weight excluding hydrogens is 358 g/mol. The summed E-state index contributed by atoms with van der Waals surface area (Å²) >= 11 is 6.10. The number of H-pyrrole nitrogens is 1. The number of aryl methyl sites for hydroxylation is 1. The van der Waals surface area contributed by atoms with Crippen molar-refractivity contribution in [3.63, 3.8) is 0 Å². The number of nitrogens with zero attached hydrogens (tertiary/aromatic N) is 3. The first-order valence-corrected chi connectivity index (χ1v) is 8.03. The Hall–Kier alpha value is -3.26. The highest BCUT2D eigenvalue weighted by atomic mass is 35.5. The van der Waals surface area contributed by atoms with Crippen LogP contribution < -0.4 is 10.9 Å². The minimum atomic E-state index is -0.470. The van der Waals surface area contributed by atoms with E-state index in [4.69, 9.17) is 11.6 Å². The molecule has 8 nitrogen and oxygen atoms in total. The van der Waals surface area contributed by atoms with E-state index < -0.39 is 4.92 Å². The molecule has 0 radical (unpaired) electrons. The van der Waals surface area contributed by atoms with Crippen LogP contribution in [0.1, 0.15) is 16.8 Å². The van der Waals surface area contributed by atoms with Gasteiger partial charge in [-0.2, -0.15) is 0 Å². The van der Waals surface area contributed by atoms with Gasteiger partial charge in [-0.05, 0) is 30.2 Å². The summed E-state index contributed by atoms with van der Waals surface area (Å²) in [6.07, 6.45) is 0.263. The van der Waals surface area contributed by atoms with E-state index in [0.717, 1.165) is 5.56 Å². The molecule has 0 aliphatic heterocycles. The predicted molar refractivity (Wildman–Crippen MR) is 98.0 cm³/mol. The van der Waals surface area contributed by atoms with Gasteiger partial charge in [0.05, 0.1) is 4.92 Å². The predicted octanol–water partition coefficient (Wildman–Crippen LogP) is 3.37. The van der Waals surface area contributed by atoms with Crippen molar-refractivity contribution in [1.82, 2.24) is 15.2 Å². The van der Waals surface area contributed by atoms with Crippen molar-refractivity contribution < 1.29 is 4.92 Å². The van der Waals surface area contributed by atoms with Gasteiger partial charge in [0.2, 0.25) is 5.95 Å². The lowest BCUT2D eigenvalue weighted by atomic mass is 10.1. The van der Waals surface area contributed by atoms with Crippen LogP contribution in [0, 0.1) is 17.0 Å². The Morgan fingerprint density at radius 3 is 2.65 bits per heavy atom. The van der Waals surface area contributed by atoms with Gasteiger partial charge >= 0.3 is 0 Å². The van der Waals surface area contributed by atoms with Crippen LogP contribution in [0.15, 0.2) is 47.3 Å². The Morgan fingerprint density at radius 1 is 1.23 bits per heavy atom. The molecule has 2 aromatic carbocycles. The SMILES string of the molecule is Cc1cc([N+](=O)[O-])ccc1Nc1nnc(Cc2ccccc2Cl)c(=O)[nH]1. The molecule has 3 aromatic rings. The molecule has 132 valence electrons. The van der Waals surface area contributed by atoms with E-state index in [-0.39, 0.29) is 29.3 Å². The van der Waals surface area contributed by atoms with Gasteiger partial charge in [0, 0.05) is 29.3 Å². The molecule has 0 atom stereocenters. The molecule has 1 heterocycles. The number of rotatable bonds is 5. The standard InChI is InChI=1S/C17H14ClN5O3/c1-10-8-12(23(25)26)6-7-14(10)19-17-20-16(24)15(21-22-17)9-11-4-2-3-5-13(11)18/h2-8H,9H2,1H3,(H2,19,20,22,24). The highest BCUT2D eigenvalue weighted by Gasteiger charge is 2.11. The van der Waals surface area contributed by atoms with Crippen LogP contribution in [0.3, 0.4) is 0 Å². The van der Waals surface area contributed by atoms with Crippen LogP contribution >= 0.6 is 11.6 Å². The number of aromatic nitrogens is 3. The topological polar surface area (TPSA) is 114 Å². The largest absolute Gasteiger partial charge is 0.324 e. The molecule has 0 fully saturated rings. The first-order valence-electron chi connectivity index (χ1n) is 7.65. The molecule has 26 heavy (non-hydrogen) atoms. The van der Waals surface area contributed by atoms with E-state index in [1.54, 1.807) is 25.1 Å². The van der Waals surface area contributed by atoms with Crippen molar-refractivity contribution >= 4 is 28.9 Å². The fourth-order valence-corrected chi connectivity index (χ4v) is 2.59. The molecule has 0 saturated carbocycles. The summed E-state index contributed by atoms with van der Waals surface area (Å²) < 4.78 is 0. The second-order valence-electron chi connectivity index (χ2n) is 5.60. The zero-order valence-corrected chi connectivity index (χ0v) is 14.4. The van der Waals surface area contributed by atoms with E-state index in [1.807, 2.05) is 12.1 Å². The molecular formula is C17H14ClN5O3. The Kier molecular flexibility index (Phi) is 4.94. The van der Waals surface area contributed by atoms with Crippen LogP contribution in [0.5, 0.6) is 0 Å². The van der Waals surface area contributed by atoms with Gasteiger partial charge in [0.15, 0.2) is 0 Å². The highest BCUT2D eigenvalue weighted by Crippen LogP contribution is 2.23. The Morgan fingerprint density at radius 2 is 2.00 bits per heavy atom. The lowest BCUT2D eigenvalue weighted by molar-refractivity contribution is -0.384. The molecule has 0 aliphatic carbocycles. The summed E-state index contributed by atoms with van der Waals surface area (Å²) in [6.45, 7) is 1.71. The third-order valence-electron chi connectivity index (χ3n) is 3.75. The van der Waals surface area contributed by atoms with Crippen molar-refractivity contribution in [3.8, 4) is 0 Å². The van der Waals surface area contributed by atoms with Crippen molar-refractivity contribution in [2.75, 3.05) is 5.32 Å². The second kappa shape index (κ2) is 7.32. The van der Waals surface area contributed by atoms with Gasteiger partial charge in [-0.3, -0.25) is 19.9 Å². The van der Waals surface area contributed by atoms with E-state index in [9.17, 15) is 14.9 Å². The van der Waals surface area contributed by atoms with Crippen LogP contribution in [-0.2, 0) is 6.42 Å². The van der Waals surface area contributed by atoms with Gasteiger partial charge in [0.1, 0.15) is 5.69 Å². The van der Waals surface area contributed by atoms with Crippen molar-refractivity contribution in [3.05, 3.63) is 84.8 Å². The lowest BCUT2D eigenvalue weighted by Gasteiger charge is -2.08. The minimum absolute atomic E-state index is 0.0114. The second-order valence-corrected chi connectivity index (χ2v) is 6.01. The molecule has 0 saturated heterocycles. The van der Waals surface area contributed by atoms with E-state index in [2.05, 4.69) is 20.5 Å². The third-order valence-corrected chi connectivity index (χ3v) is 4.12. The number of benzene rings is 2. The quantitative estimate of drug-likeness (QED) is 0.525. The van der Waals surface area contributed by atoms with Gasteiger partial charge in [-0.15, -0.1) is 10.2 Å². The number of nitrogens with one attached hydrogen (secondary N) is 2. The maximum Gasteiger partial charge on any atom is 0.274 e. The summed E-state index contributed by atoms with van der Waals surface area (Å²) in [6, 6.07) is 11.5. The summed E-state index contributed by atoms with van der Waals surface area (Å²) in [5.74, 6) is 0.148. The fraction of sp³-hybridized carbons (Fsp3) is 0.118. The number of hydrogen-bond acceptors (Lipinski definition) is 6. The van der Waals surface area contributed by atoms with Gasteiger partial charge in [-0.1, -0.05) is 29.8 Å². The monoisotopic (exact) mass is 371 g/mol. The van der Waals surface area contributed by atoms with Crippen molar-refractivity contribution in [2.24, 2.45) is 0 Å². The molecule has 1 aromatic heterocycles. The number of halogens is 1. The average molecular weight is 372 g/mol. The maximum atomic E-state index is 12.2. The van der Waals surface area contributed by atoms with E-state index in [0.29, 0.717) is 16.3 Å². The fourth-order valence-electron chi connectivity index (χ4n) is 2.38. The smallest absolute Gasteiger partial charge is 0.274 e.